The van der Waals surface area contributed by atoms with E-state index in [1.54, 1.807) is 13.0 Å². The third-order valence-corrected chi connectivity index (χ3v) is 4.47. The molecule has 26 heavy (non-hydrogen) atoms. The summed E-state index contributed by atoms with van der Waals surface area (Å²) in [5.41, 5.74) is 1.31. The highest BCUT2D eigenvalue weighted by atomic mass is 16.7. The van der Waals surface area contributed by atoms with Gasteiger partial charge in [-0.25, -0.2) is 9.59 Å². The zero-order valence-electron chi connectivity index (χ0n) is 14.9. The van der Waals surface area contributed by atoms with Gasteiger partial charge in [0.2, 0.25) is 0 Å². The molecule has 2 aliphatic rings. The number of ether oxygens (including phenoxy) is 5. The van der Waals surface area contributed by atoms with Gasteiger partial charge in [0.05, 0.1) is 20.3 Å². The summed E-state index contributed by atoms with van der Waals surface area (Å²) in [6.07, 6.45) is -0.844. The molecule has 1 heterocycles. The molecule has 2 unspecified atom stereocenters. The Morgan fingerprint density at radius 3 is 2.50 bits per heavy atom. The molecule has 0 radical (unpaired) electrons. The third kappa shape index (κ3) is 3.80. The Hall–Kier alpha value is -2.22. The second-order valence-corrected chi connectivity index (χ2v) is 6.17. The zero-order chi connectivity index (χ0) is 18.7. The van der Waals surface area contributed by atoms with Crippen LogP contribution in [0.2, 0.25) is 0 Å². The topological polar surface area (TPSA) is 80.3 Å². The van der Waals surface area contributed by atoms with Crippen LogP contribution in [-0.4, -0.2) is 50.6 Å². The Morgan fingerprint density at radius 1 is 1.12 bits per heavy atom. The van der Waals surface area contributed by atoms with Crippen molar-refractivity contribution in [1.29, 1.82) is 0 Å². The van der Waals surface area contributed by atoms with Gasteiger partial charge in [0.1, 0.15) is 12.2 Å². The van der Waals surface area contributed by atoms with Gasteiger partial charge in [-0.15, -0.1) is 0 Å². The van der Waals surface area contributed by atoms with Crippen LogP contribution in [0.4, 0.5) is 0 Å². The monoisotopic (exact) mass is 362 g/mol. The van der Waals surface area contributed by atoms with Crippen molar-refractivity contribution >= 4 is 11.9 Å². The number of rotatable bonds is 5. The molecule has 0 aromatic heterocycles. The van der Waals surface area contributed by atoms with Crippen LogP contribution in [0.1, 0.15) is 25.2 Å². The molecule has 0 N–H and O–H groups in total. The maximum absolute atomic E-state index is 12.0. The van der Waals surface area contributed by atoms with Gasteiger partial charge < -0.3 is 23.7 Å². The van der Waals surface area contributed by atoms with Crippen molar-refractivity contribution in [2.75, 3.05) is 14.2 Å². The SMILES string of the molecule is COC(=O)C1=C[C@H]2OC(c3ccccc3)O[C@H]2[C@H](OC(C)C(=O)OC)C1. The van der Waals surface area contributed by atoms with Crippen LogP contribution >= 0.6 is 0 Å². The fourth-order valence-corrected chi connectivity index (χ4v) is 3.16. The van der Waals surface area contributed by atoms with Crippen molar-refractivity contribution in [1.82, 2.24) is 0 Å². The van der Waals surface area contributed by atoms with Gasteiger partial charge in [-0.3, -0.25) is 0 Å². The molecule has 0 amide bonds. The first-order valence-electron chi connectivity index (χ1n) is 8.41. The Bertz CT molecular complexity index is 684. The second-order valence-electron chi connectivity index (χ2n) is 6.17. The highest BCUT2D eigenvalue weighted by Crippen LogP contribution is 2.39. The number of carbonyl (C=O) groups excluding carboxylic acids is 2. The van der Waals surface area contributed by atoms with Crippen LogP contribution in [-0.2, 0) is 33.3 Å². The van der Waals surface area contributed by atoms with Crippen LogP contribution in [0.5, 0.6) is 0 Å². The van der Waals surface area contributed by atoms with E-state index in [4.69, 9.17) is 23.7 Å². The first-order chi connectivity index (χ1) is 12.5. The normalized spacial score (nSPS) is 28.7. The minimum Gasteiger partial charge on any atom is -0.467 e. The van der Waals surface area contributed by atoms with Gasteiger partial charge in [0.15, 0.2) is 12.4 Å². The van der Waals surface area contributed by atoms with E-state index < -0.39 is 42.6 Å². The van der Waals surface area contributed by atoms with Crippen molar-refractivity contribution < 1.29 is 33.3 Å². The van der Waals surface area contributed by atoms with Crippen LogP contribution in [0.25, 0.3) is 0 Å². The van der Waals surface area contributed by atoms with E-state index >= 15 is 0 Å². The minimum atomic E-state index is -0.790. The zero-order valence-corrected chi connectivity index (χ0v) is 14.9. The van der Waals surface area contributed by atoms with Crippen molar-refractivity contribution in [2.24, 2.45) is 0 Å². The first kappa shape index (κ1) is 18.6. The predicted molar refractivity (Wildman–Crippen MR) is 90.0 cm³/mol. The summed E-state index contributed by atoms with van der Waals surface area (Å²) in [7, 11) is 2.62. The number of carbonyl (C=O) groups is 2. The highest BCUT2D eigenvalue weighted by Gasteiger charge is 2.46. The molecule has 140 valence electrons. The summed E-state index contributed by atoms with van der Waals surface area (Å²) in [4.78, 5) is 23.7. The summed E-state index contributed by atoms with van der Waals surface area (Å²) < 4.78 is 27.4. The van der Waals surface area contributed by atoms with Crippen molar-refractivity contribution in [3.05, 3.63) is 47.5 Å². The molecule has 1 aromatic carbocycles. The summed E-state index contributed by atoms with van der Waals surface area (Å²) >= 11 is 0. The first-order valence-corrected chi connectivity index (χ1v) is 8.41. The van der Waals surface area contributed by atoms with Crippen molar-refractivity contribution in [3.8, 4) is 0 Å². The average molecular weight is 362 g/mol. The molecule has 0 saturated carbocycles. The predicted octanol–water partition coefficient (Wildman–Crippen LogP) is 1.92. The molecule has 3 rings (SSSR count). The Morgan fingerprint density at radius 2 is 1.85 bits per heavy atom. The standard InChI is InChI=1S/C19H22O7/c1-11(17(20)22-2)24-14-9-13(18(21)23-3)10-15-16(14)26-19(25-15)12-7-5-4-6-8-12/h4-8,10-11,14-16,19H,9H2,1-3H3/t11?,14-,15-,16+,19?/m1/s1. The highest BCUT2D eigenvalue weighted by molar-refractivity contribution is 5.88. The number of methoxy groups -OCH3 is 2. The summed E-state index contributed by atoms with van der Waals surface area (Å²) in [6, 6.07) is 9.50. The molecule has 1 saturated heterocycles. The largest absolute Gasteiger partial charge is 0.467 e. The Balaban J connectivity index is 1.82. The quantitative estimate of drug-likeness (QED) is 0.740. The second kappa shape index (κ2) is 7.99. The number of hydrogen-bond donors (Lipinski definition) is 0. The van der Waals surface area contributed by atoms with Crippen LogP contribution in [0.15, 0.2) is 42.0 Å². The molecule has 1 fully saturated rings. The maximum atomic E-state index is 12.0. The number of hydrogen-bond acceptors (Lipinski definition) is 7. The maximum Gasteiger partial charge on any atom is 0.334 e. The van der Waals surface area contributed by atoms with Gasteiger partial charge in [-0.05, 0) is 13.0 Å². The molecule has 0 spiro atoms. The van der Waals surface area contributed by atoms with Crippen LogP contribution in [0, 0.1) is 0 Å². The van der Waals surface area contributed by atoms with E-state index in [2.05, 4.69) is 0 Å². The molecular formula is C19H22O7. The lowest BCUT2D eigenvalue weighted by molar-refractivity contribution is -0.164. The molecule has 0 bridgehead atoms. The Labute approximate surface area is 151 Å². The summed E-state index contributed by atoms with van der Waals surface area (Å²) in [5, 5.41) is 0. The van der Waals surface area contributed by atoms with Gasteiger partial charge >= 0.3 is 11.9 Å². The number of fused-ring (bicyclic) bond motifs is 1. The molecule has 1 aromatic rings. The van der Waals surface area contributed by atoms with Crippen LogP contribution < -0.4 is 0 Å². The number of esters is 2. The van der Waals surface area contributed by atoms with E-state index in [9.17, 15) is 9.59 Å². The van der Waals surface area contributed by atoms with E-state index in [1.807, 2.05) is 30.3 Å². The molecule has 5 atom stereocenters. The molecule has 7 heteroatoms. The third-order valence-electron chi connectivity index (χ3n) is 4.47. The van der Waals surface area contributed by atoms with E-state index in [-0.39, 0.29) is 6.42 Å². The molecule has 1 aliphatic carbocycles. The summed E-state index contributed by atoms with van der Waals surface area (Å²) in [5.74, 6) is -0.941. The van der Waals surface area contributed by atoms with Gasteiger partial charge in [-0.2, -0.15) is 0 Å². The average Bonchev–Trinajstić information content (AvgIpc) is 3.11. The lowest BCUT2D eigenvalue weighted by Crippen LogP contribution is -2.43. The van der Waals surface area contributed by atoms with Gasteiger partial charge in [-0.1, -0.05) is 30.3 Å². The Kier molecular flexibility index (Phi) is 5.70. The van der Waals surface area contributed by atoms with Crippen molar-refractivity contribution in [3.63, 3.8) is 0 Å². The van der Waals surface area contributed by atoms with Crippen LogP contribution in [0.3, 0.4) is 0 Å². The lowest BCUT2D eigenvalue weighted by Gasteiger charge is -2.31. The van der Waals surface area contributed by atoms with E-state index in [0.717, 1.165) is 5.56 Å². The van der Waals surface area contributed by atoms with E-state index in [0.29, 0.717) is 5.57 Å². The van der Waals surface area contributed by atoms with Gasteiger partial charge in [0.25, 0.3) is 0 Å². The minimum absolute atomic E-state index is 0.264. The smallest absolute Gasteiger partial charge is 0.334 e. The fourth-order valence-electron chi connectivity index (χ4n) is 3.16. The fraction of sp³-hybridized carbons (Fsp3) is 0.474. The number of benzene rings is 1. The lowest BCUT2D eigenvalue weighted by atomic mass is 9.92. The molecular weight excluding hydrogens is 340 g/mol. The van der Waals surface area contributed by atoms with Gasteiger partial charge in [0, 0.05) is 17.6 Å². The van der Waals surface area contributed by atoms with E-state index in [1.165, 1.54) is 14.2 Å². The molecule has 7 nitrogen and oxygen atoms in total. The van der Waals surface area contributed by atoms with Crippen molar-refractivity contribution in [2.45, 2.75) is 44.1 Å². The summed E-state index contributed by atoms with van der Waals surface area (Å²) in [6.45, 7) is 1.60. The molecule has 1 aliphatic heterocycles.